The van der Waals surface area contributed by atoms with E-state index in [1.54, 1.807) is 18.1 Å². The van der Waals surface area contributed by atoms with Gasteiger partial charge >= 0.3 is 0 Å². The second kappa shape index (κ2) is 8.05. The predicted molar refractivity (Wildman–Crippen MR) is 118 cm³/mol. The minimum atomic E-state index is -3.88. The number of halogens is 1. The Kier molecular flexibility index (Phi) is 5.61. The number of piperidine rings is 1. The molecule has 2 heterocycles. The molecule has 0 unspecified atom stereocenters. The highest BCUT2D eigenvalue weighted by atomic mass is 79.9. The molecule has 3 N–H and O–H groups in total. The summed E-state index contributed by atoms with van der Waals surface area (Å²) in [6.45, 7) is 1.18. The van der Waals surface area contributed by atoms with Gasteiger partial charge in [0.15, 0.2) is 0 Å². The van der Waals surface area contributed by atoms with Crippen molar-refractivity contribution < 1.29 is 17.9 Å². The quantitative estimate of drug-likeness (QED) is 0.581. The lowest BCUT2D eigenvalue weighted by atomic mass is 9.89. The normalized spacial score (nSPS) is 15.5. The van der Waals surface area contributed by atoms with Gasteiger partial charge in [-0.15, -0.1) is 0 Å². The van der Waals surface area contributed by atoms with Crippen LogP contribution in [0.1, 0.15) is 34.7 Å². The van der Waals surface area contributed by atoms with E-state index in [9.17, 15) is 13.2 Å². The van der Waals surface area contributed by atoms with Crippen LogP contribution in [0.5, 0.6) is 5.75 Å². The third kappa shape index (κ3) is 3.97. The van der Waals surface area contributed by atoms with E-state index in [0.29, 0.717) is 29.0 Å². The van der Waals surface area contributed by atoms with Crippen LogP contribution in [0.3, 0.4) is 0 Å². The van der Waals surface area contributed by atoms with Crippen molar-refractivity contribution in [3.8, 4) is 5.75 Å². The van der Waals surface area contributed by atoms with Crippen LogP contribution in [-0.2, 0) is 10.0 Å². The Hall–Kier alpha value is -2.36. The molecule has 0 bridgehead atoms. The summed E-state index contributed by atoms with van der Waals surface area (Å²) in [7, 11) is -2.22. The average Bonchev–Trinajstić information content (AvgIpc) is 3.16. The first-order chi connectivity index (χ1) is 14.3. The van der Waals surface area contributed by atoms with Gasteiger partial charge in [0.05, 0.1) is 17.6 Å². The van der Waals surface area contributed by atoms with E-state index in [1.165, 1.54) is 17.7 Å². The van der Waals surface area contributed by atoms with Gasteiger partial charge in [0.2, 0.25) is 10.0 Å². The summed E-state index contributed by atoms with van der Waals surface area (Å²) in [5.41, 5.74) is 2.60. The van der Waals surface area contributed by atoms with Gasteiger partial charge in [-0.05, 0) is 76.7 Å². The van der Waals surface area contributed by atoms with E-state index in [-0.39, 0.29) is 10.8 Å². The maximum absolute atomic E-state index is 13.0. The number of nitrogens with two attached hydrogens (primary N) is 1. The number of primary sulfonamides is 1. The fourth-order valence-electron chi connectivity index (χ4n) is 4.00. The van der Waals surface area contributed by atoms with Crippen LogP contribution in [0.4, 0.5) is 0 Å². The molecular formula is C21H22BrN3O4S. The van der Waals surface area contributed by atoms with Crippen LogP contribution in [0.15, 0.2) is 52.0 Å². The summed E-state index contributed by atoms with van der Waals surface area (Å²) in [4.78, 5) is 18.0. The number of hydrogen-bond acceptors (Lipinski definition) is 4. The van der Waals surface area contributed by atoms with Crippen LogP contribution in [-0.4, -0.2) is 44.4 Å². The Balaban J connectivity index is 1.52. The smallest absolute Gasteiger partial charge is 0.255 e. The van der Waals surface area contributed by atoms with Gasteiger partial charge < -0.3 is 14.6 Å². The zero-order chi connectivity index (χ0) is 21.5. The highest BCUT2D eigenvalue weighted by Gasteiger charge is 2.27. The van der Waals surface area contributed by atoms with E-state index < -0.39 is 10.0 Å². The van der Waals surface area contributed by atoms with E-state index in [2.05, 4.69) is 20.9 Å². The third-order valence-corrected chi connectivity index (χ3v) is 7.24. The van der Waals surface area contributed by atoms with Gasteiger partial charge in [-0.3, -0.25) is 4.79 Å². The van der Waals surface area contributed by atoms with Gasteiger partial charge in [-0.25, -0.2) is 13.6 Å². The Bertz CT molecular complexity index is 1210. The van der Waals surface area contributed by atoms with Crippen molar-refractivity contribution in [2.75, 3.05) is 20.2 Å². The van der Waals surface area contributed by atoms with Crippen LogP contribution >= 0.6 is 15.9 Å². The van der Waals surface area contributed by atoms with Gasteiger partial charge in [-0.2, -0.15) is 0 Å². The molecule has 30 heavy (non-hydrogen) atoms. The molecule has 0 saturated carbocycles. The maximum atomic E-state index is 13.0. The Labute approximate surface area is 183 Å². The maximum Gasteiger partial charge on any atom is 0.255 e. The molecule has 0 atom stereocenters. The number of H-pyrrole nitrogens is 1. The first kappa shape index (κ1) is 20.9. The molecule has 3 aromatic rings. The van der Waals surface area contributed by atoms with Crippen LogP contribution in [0.25, 0.3) is 10.9 Å². The number of carbonyl (C=O) groups is 1. The molecular weight excluding hydrogens is 470 g/mol. The van der Waals surface area contributed by atoms with Crippen molar-refractivity contribution in [2.45, 2.75) is 23.7 Å². The van der Waals surface area contributed by atoms with Gasteiger partial charge in [0.25, 0.3) is 5.91 Å². The Morgan fingerprint density at radius 2 is 1.93 bits per heavy atom. The molecule has 1 aliphatic heterocycles. The number of likely N-dealkylation sites (tertiary alicyclic amines) is 1. The van der Waals surface area contributed by atoms with Gasteiger partial charge in [-0.1, -0.05) is 0 Å². The zero-order valence-corrected chi connectivity index (χ0v) is 18.8. The molecule has 2 aromatic carbocycles. The third-order valence-electron chi connectivity index (χ3n) is 5.64. The SMILES string of the molecule is COc1ccc2[nH]cc(C3CCN(C(=O)c4cc(S(N)(=O)=O)ccc4Br)CC3)c2c1. The molecule has 9 heteroatoms. The largest absolute Gasteiger partial charge is 0.497 e. The number of sulfonamides is 1. The number of nitrogens with one attached hydrogen (secondary N) is 1. The number of methoxy groups -OCH3 is 1. The van der Waals surface area contributed by atoms with Crippen molar-refractivity contribution in [1.29, 1.82) is 0 Å². The van der Waals surface area contributed by atoms with E-state index in [4.69, 9.17) is 9.88 Å². The number of nitrogens with zero attached hydrogens (tertiary/aromatic N) is 1. The number of aromatic nitrogens is 1. The average molecular weight is 492 g/mol. The highest BCUT2D eigenvalue weighted by molar-refractivity contribution is 9.10. The lowest BCUT2D eigenvalue weighted by Crippen LogP contribution is -2.38. The Morgan fingerprint density at radius 1 is 1.20 bits per heavy atom. The van der Waals surface area contributed by atoms with E-state index in [0.717, 1.165) is 29.5 Å². The number of benzene rings is 2. The second-order valence-corrected chi connectivity index (χ2v) is 9.82. The van der Waals surface area contributed by atoms with Crippen molar-refractivity contribution in [3.63, 3.8) is 0 Å². The van der Waals surface area contributed by atoms with Crippen molar-refractivity contribution in [3.05, 3.63) is 58.2 Å². The molecule has 1 saturated heterocycles. The number of fused-ring (bicyclic) bond motifs is 1. The molecule has 1 aromatic heterocycles. The first-order valence-electron chi connectivity index (χ1n) is 9.54. The lowest BCUT2D eigenvalue weighted by Gasteiger charge is -2.32. The van der Waals surface area contributed by atoms with Crippen LogP contribution < -0.4 is 9.88 Å². The van der Waals surface area contributed by atoms with E-state index >= 15 is 0 Å². The van der Waals surface area contributed by atoms with Crippen LogP contribution in [0.2, 0.25) is 0 Å². The minimum Gasteiger partial charge on any atom is -0.497 e. The summed E-state index contributed by atoms with van der Waals surface area (Å²) in [6, 6.07) is 10.2. The summed E-state index contributed by atoms with van der Waals surface area (Å²) >= 11 is 3.35. The number of aromatic amines is 1. The van der Waals surface area contributed by atoms with E-state index in [1.807, 2.05) is 24.4 Å². The molecule has 0 aliphatic carbocycles. The molecule has 0 radical (unpaired) electrons. The highest BCUT2D eigenvalue weighted by Crippen LogP contribution is 2.35. The summed E-state index contributed by atoms with van der Waals surface area (Å²) in [5, 5.41) is 6.35. The molecule has 7 nitrogen and oxygen atoms in total. The van der Waals surface area contributed by atoms with Gasteiger partial charge in [0, 0.05) is 34.7 Å². The lowest BCUT2D eigenvalue weighted by molar-refractivity contribution is 0.0712. The molecule has 1 aliphatic rings. The summed E-state index contributed by atoms with van der Waals surface area (Å²) in [6.07, 6.45) is 3.68. The number of ether oxygens (including phenoxy) is 1. The first-order valence-corrected chi connectivity index (χ1v) is 11.9. The molecule has 1 fully saturated rings. The van der Waals surface area contributed by atoms with Crippen molar-refractivity contribution in [1.82, 2.24) is 9.88 Å². The molecule has 4 rings (SSSR count). The fourth-order valence-corrected chi connectivity index (χ4v) is 4.95. The van der Waals surface area contributed by atoms with Crippen molar-refractivity contribution in [2.24, 2.45) is 5.14 Å². The fraction of sp³-hybridized carbons (Fsp3) is 0.286. The van der Waals surface area contributed by atoms with Crippen LogP contribution in [0, 0.1) is 0 Å². The van der Waals surface area contributed by atoms with Gasteiger partial charge in [0.1, 0.15) is 5.75 Å². The standard InChI is InChI=1S/C21H22BrN3O4S/c1-29-14-2-5-20-16(10-14)18(12-24-20)13-6-8-25(9-7-13)21(26)17-11-15(30(23,27)28)3-4-19(17)22/h2-5,10-13,24H,6-9H2,1H3,(H2,23,27,28). The van der Waals surface area contributed by atoms with Crippen molar-refractivity contribution >= 4 is 42.8 Å². The number of carbonyl (C=O) groups excluding carboxylic acids is 1. The second-order valence-electron chi connectivity index (χ2n) is 7.41. The predicted octanol–water partition coefficient (Wildman–Crippen LogP) is 3.61. The Morgan fingerprint density at radius 3 is 2.60 bits per heavy atom. The molecule has 1 amide bonds. The monoisotopic (exact) mass is 491 g/mol. The molecule has 158 valence electrons. The number of rotatable bonds is 4. The minimum absolute atomic E-state index is 0.0725. The summed E-state index contributed by atoms with van der Waals surface area (Å²) < 4.78 is 29.2. The number of hydrogen-bond donors (Lipinski definition) is 2. The topological polar surface area (TPSA) is 105 Å². The molecule has 0 spiro atoms. The zero-order valence-electron chi connectivity index (χ0n) is 16.4. The summed E-state index contributed by atoms with van der Waals surface area (Å²) in [5.74, 6) is 0.941. The number of amides is 1.